The van der Waals surface area contributed by atoms with E-state index in [0.29, 0.717) is 13.0 Å². The van der Waals surface area contributed by atoms with Crippen LogP contribution in [0.5, 0.6) is 0 Å². The van der Waals surface area contributed by atoms with Crippen molar-refractivity contribution >= 4 is 5.97 Å². The predicted molar refractivity (Wildman–Crippen MR) is 46.3 cm³/mol. The van der Waals surface area contributed by atoms with Gasteiger partial charge in [0.2, 0.25) is 0 Å². The normalized spacial score (nSPS) is 33.7. The van der Waals surface area contributed by atoms with Crippen LogP contribution in [0, 0.1) is 0 Å². The van der Waals surface area contributed by atoms with Crippen molar-refractivity contribution in [3.8, 4) is 0 Å². The predicted octanol–water partition coefficient (Wildman–Crippen LogP) is 0.436. The largest absolute Gasteiger partial charge is 0.460 e. The Balaban J connectivity index is 0.000000845. The van der Waals surface area contributed by atoms with Crippen LogP contribution < -0.4 is 0 Å². The molecule has 2 atom stereocenters. The highest BCUT2D eigenvalue weighted by atomic mass is 16.6. The van der Waals surface area contributed by atoms with Crippen LogP contribution in [0.25, 0.3) is 0 Å². The van der Waals surface area contributed by atoms with Gasteiger partial charge in [0, 0.05) is 0 Å². The Bertz CT molecular complexity index is 180. The average molecular weight is 188 g/mol. The van der Waals surface area contributed by atoms with Gasteiger partial charge < -0.3 is 14.9 Å². The lowest BCUT2D eigenvalue weighted by molar-refractivity contribution is -0.151. The Hall–Kier alpha value is -0.610. The van der Waals surface area contributed by atoms with E-state index >= 15 is 0 Å². The quantitative estimate of drug-likeness (QED) is 0.518. The third-order valence-corrected chi connectivity index (χ3v) is 2.56. The second-order valence-electron chi connectivity index (χ2n) is 3.47. The van der Waals surface area contributed by atoms with Gasteiger partial charge in [0.1, 0.15) is 6.10 Å². The molecule has 0 aromatic carbocycles. The zero-order chi connectivity index (χ0) is 8.39. The van der Waals surface area contributed by atoms with Gasteiger partial charge in [-0.05, 0) is 19.3 Å². The van der Waals surface area contributed by atoms with Gasteiger partial charge in [-0.1, -0.05) is 6.42 Å². The minimum Gasteiger partial charge on any atom is -0.460 e. The molecule has 1 saturated heterocycles. The summed E-state index contributed by atoms with van der Waals surface area (Å²) in [6.45, 7) is 0.542. The molecule has 2 rings (SSSR count). The van der Waals surface area contributed by atoms with Gasteiger partial charge in [-0.25, -0.2) is 0 Å². The third kappa shape index (κ3) is 2.42. The first kappa shape index (κ1) is 10.5. The Kier molecular flexibility index (Phi) is 3.69. The summed E-state index contributed by atoms with van der Waals surface area (Å²) >= 11 is 0. The Morgan fingerprint density at radius 3 is 2.62 bits per heavy atom. The second-order valence-corrected chi connectivity index (χ2v) is 3.47. The molecule has 0 aromatic rings. The summed E-state index contributed by atoms with van der Waals surface area (Å²) < 4.78 is 10.8. The minimum absolute atomic E-state index is 0. The van der Waals surface area contributed by atoms with Gasteiger partial charge in [-0.15, -0.1) is 0 Å². The van der Waals surface area contributed by atoms with Crippen molar-refractivity contribution in [1.82, 2.24) is 0 Å². The van der Waals surface area contributed by atoms with Crippen LogP contribution >= 0.6 is 0 Å². The second kappa shape index (κ2) is 4.58. The van der Waals surface area contributed by atoms with Gasteiger partial charge in [-0.2, -0.15) is 0 Å². The SMILES string of the molecule is O.O=C1CCOC2CCCCC2O1. The molecule has 2 N–H and O–H groups in total. The molecule has 0 bridgehead atoms. The van der Waals surface area contributed by atoms with E-state index in [1.807, 2.05) is 0 Å². The van der Waals surface area contributed by atoms with Gasteiger partial charge in [0.15, 0.2) is 0 Å². The van der Waals surface area contributed by atoms with E-state index in [0.717, 1.165) is 19.3 Å². The number of hydrogen-bond donors (Lipinski definition) is 0. The van der Waals surface area contributed by atoms with Gasteiger partial charge in [0.25, 0.3) is 0 Å². The first-order chi connectivity index (χ1) is 5.86. The Labute approximate surface area is 77.5 Å². The molecular weight excluding hydrogens is 172 g/mol. The molecule has 0 radical (unpaired) electrons. The number of carbonyl (C=O) groups excluding carboxylic acids is 1. The molecule has 1 saturated carbocycles. The van der Waals surface area contributed by atoms with Crippen LogP contribution in [0.4, 0.5) is 0 Å². The smallest absolute Gasteiger partial charge is 0.308 e. The first-order valence-electron chi connectivity index (χ1n) is 4.67. The van der Waals surface area contributed by atoms with Crippen molar-refractivity contribution in [2.45, 2.75) is 44.3 Å². The van der Waals surface area contributed by atoms with Crippen molar-refractivity contribution in [3.05, 3.63) is 0 Å². The molecule has 13 heavy (non-hydrogen) atoms. The number of esters is 1. The molecule has 1 aliphatic carbocycles. The summed E-state index contributed by atoms with van der Waals surface area (Å²) in [5.41, 5.74) is 0. The summed E-state index contributed by atoms with van der Waals surface area (Å²) in [5, 5.41) is 0. The van der Waals surface area contributed by atoms with Crippen molar-refractivity contribution < 1.29 is 19.7 Å². The lowest BCUT2D eigenvalue weighted by atomic mass is 9.95. The minimum atomic E-state index is -0.0931. The van der Waals surface area contributed by atoms with E-state index in [-0.39, 0.29) is 23.7 Å². The Morgan fingerprint density at radius 2 is 1.85 bits per heavy atom. The highest BCUT2D eigenvalue weighted by Crippen LogP contribution is 2.26. The molecule has 4 heteroatoms. The molecule has 2 unspecified atom stereocenters. The molecule has 4 nitrogen and oxygen atoms in total. The molecule has 2 fully saturated rings. The van der Waals surface area contributed by atoms with Gasteiger partial charge in [-0.3, -0.25) is 4.79 Å². The monoisotopic (exact) mass is 188 g/mol. The highest BCUT2D eigenvalue weighted by molar-refractivity contribution is 5.69. The molecule has 1 aliphatic heterocycles. The van der Waals surface area contributed by atoms with Crippen LogP contribution in [0.2, 0.25) is 0 Å². The van der Waals surface area contributed by atoms with Crippen LogP contribution in [-0.2, 0) is 14.3 Å². The molecule has 2 aliphatic rings. The number of rotatable bonds is 0. The number of carbonyl (C=O) groups is 1. The van der Waals surface area contributed by atoms with Crippen molar-refractivity contribution in [3.63, 3.8) is 0 Å². The average Bonchev–Trinajstić information content (AvgIpc) is 2.25. The van der Waals surface area contributed by atoms with Crippen molar-refractivity contribution in [2.24, 2.45) is 0 Å². The molecule has 0 spiro atoms. The summed E-state index contributed by atoms with van der Waals surface area (Å²) in [6.07, 6.45) is 5.07. The maximum Gasteiger partial charge on any atom is 0.308 e. The fraction of sp³-hybridized carbons (Fsp3) is 0.889. The van der Waals surface area contributed by atoms with Crippen molar-refractivity contribution in [1.29, 1.82) is 0 Å². The Morgan fingerprint density at radius 1 is 1.15 bits per heavy atom. The zero-order valence-corrected chi connectivity index (χ0v) is 7.62. The van der Waals surface area contributed by atoms with E-state index in [9.17, 15) is 4.79 Å². The summed E-state index contributed by atoms with van der Waals surface area (Å²) in [4.78, 5) is 11.0. The molecule has 0 aromatic heterocycles. The van der Waals surface area contributed by atoms with E-state index in [1.165, 1.54) is 6.42 Å². The zero-order valence-electron chi connectivity index (χ0n) is 7.62. The van der Waals surface area contributed by atoms with Crippen molar-refractivity contribution in [2.75, 3.05) is 6.61 Å². The van der Waals surface area contributed by atoms with E-state index in [4.69, 9.17) is 9.47 Å². The topological polar surface area (TPSA) is 67.0 Å². The summed E-state index contributed by atoms with van der Waals surface area (Å²) in [5.74, 6) is -0.0931. The van der Waals surface area contributed by atoms with E-state index < -0.39 is 0 Å². The fourth-order valence-corrected chi connectivity index (χ4v) is 1.91. The van der Waals surface area contributed by atoms with Crippen LogP contribution in [0.3, 0.4) is 0 Å². The maximum absolute atomic E-state index is 11.0. The maximum atomic E-state index is 11.0. The van der Waals surface area contributed by atoms with Gasteiger partial charge in [0.05, 0.1) is 19.1 Å². The summed E-state index contributed by atoms with van der Waals surface area (Å²) in [6, 6.07) is 0. The number of fused-ring (bicyclic) bond motifs is 1. The molecule has 1 heterocycles. The van der Waals surface area contributed by atoms with Crippen LogP contribution in [0.1, 0.15) is 32.1 Å². The molecule has 76 valence electrons. The lowest BCUT2D eigenvalue weighted by Crippen LogP contribution is -2.33. The van der Waals surface area contributed by atoms with Crippen LogP contribution in [0.15, 0.2) is 0 Å². The first-order valence-corrected chi connectivity index (χ1v) is 4.67. The summed E-state index contributed by atoms with van der Waals surface area (Å²) in [7, 11) is 0. The van der Waals surface area contributed by atoms with Crippen LogP contribution in [-0.4, -0.2) is 30.3 Å². The number of hydrogen-bond acceptors (Lipinski definition) is 3. The van der Waals surface area contributed by atoms with E-state index in [1.54, 1.807) is 0 Å². The van der Waals surface area contributed by atoms with E-state index in [2.05, 4.69) is 0 Å². The molecule has 0 amide bonds. The highest BCUT2D eigenvalue weighted by Gasteiger charge is 2.31. The fourth-order valence-electron chi connectivity index (χ4n) is 1.91. The third-order valence-electron chi connectivity index (χ3n) is 2.56. The standard InChI is InChI=1S/C9H14O3.H2O/c10-9-5-6-11-7-3-1-2-4-8(7)12-9;/h7-8H,1-6H2;1H2. The lowest BCUT2D eigenvalue weighted by Gasteiger charge is -2.28. The molecular formula is C9H16O4. The van der Waals surface area contributed by atoms with Gasteiger partial charge >= 0.3 is 5.97 Å². The number of ether oxygens (including phenoxy) is 2.